The van der Waals surface area contributed by atoms with Gasteiger partial charge in [-0.15, -0.1) is 0 Å². The van der Waals surface area contributed by atoms with Crippen LogP contribution in [-0.2, 0) is 16.1 Å². The number of H-pyrrole nitrogens is 1. The van der Waals surface area contributed by atoms with Crippen molar-refractivity contribution in [2.45, 2.75) is 6.54 Å². The fourth-order valence-corrected chi connectivity index (χ4v) is 1.67. The van der Waals surface area contributed by atoms with Crippen LogP contribution in [0.4, 0.5) is 0 Å². The van der Waals surface area contributed by atoms with Gasteiger partial charge in [0.2, 0.25) is 11.8 Å². The van der Waals surface area contributed by atoms with Crippen molar-refractivity contribution < 1.29 is 9.59 Å². The van der Waals surface area contributed by atoms with Crippen LogP contribution in [0.3, 0.4) is 0 Å². The van der Waals surface area contributed by atoms with Crippen LogP contribution >= 0.6 is 0 Å². The van der Waals surface area contributed by atoms with E-state index in [0.717, 1.165) is 10.6 Å². The summed E-state index contributed by atoms with van der Waals surface area (Å²) >= 11 is 0. The molecular weight excluding hydrogens is 240 g/mol. The predicted octanol–water partition coefficient (Wildman–Crippen LogP) is -2.50. The van der Waals surface area contributed by atoms with Crippen molar-refractivity contribution in [3.8, 4) is 0 Å². The van der Waals surface area contributed by atoms with Gasteiger partial charge >= 0.3 is 5.69 Å². The average molecular weight is 252 g/mol. The summed E-state index contributed by atoms with van der Waals surface area (Å²) in [5.74, 6) is -0.553. The normalized spacial score (nSPS) is 15.3. The number of aromatic amines is 1. The van der Waals surface area contributed by atoms with Crippen molar-refractivity contribution in [1.29, 1.82) is 0 Å². The van der Waals surface area contributed by atoms with E-state index >= 15 is 0 Å². The third kappa shape index (κ3) is 2.65. The fraction of sp³-hybridized carbons (Fsp3) is 0.400. The molecule has 1 aromatic heterocycles. The molecule has 0 atom stereocenters. The second-order valence-corrected chi connectivity index (χ2v) is 3.90. The van der Waals surface area contributed by atoms with Gasteiger partial charge in [-0.2, -0.15) is 0 Å². The summed E-state index contributed by atoms with van der Waals surface area (Å²) < 4.78 is 1.09. The summed E-state index contributed by atoms with van der Waals surface area (Å²) in [6.45, 7) is 0.633. The molecule has 0 aliphatic carbocycles. The smallest absolute Gasteiger partial charge is 0.328 e. The quantitative estimate of drug-likeness (QED) is 0.606. The number of nitrogens with zero attached hydrogens (tertiary/aromatic N) is 2. The van der Waals surface area contributed by atoms with E-state index in [0.29, 0.717) is 13.1 Å². The highest BCUT2D eigenvalue weighted by atomic mass is 16.2. The molecule has 2 heterocycles. The first-order chi connectivity index (χ1) is 8.56. The molecule has 0 aromatic carbocycles. The Bertz CT molecular complexity index is 588. The Kier molecular flexibility index (Phi) is 3.26. The maximum absolute atomic E-state index is 11.8. The van der Waals surface area contributed by atoms with Crippen molar-refractivity contribution in [2.24, 2.45) is 0 Å². The summed E-state index contributed by atoms with van der Waals surface area (Å²) in [5, 5.41) is 2.60. The maximum atomic E-state index is 11.8. The molecule has 18 heavy (non-hydrogen) atoms. The minimum absolute atomic E-state index is 0.00304. The van der Waals surface area contributed by atoms with E-state index in [9.17, 15) is 19.2 Å². The van der Waals surface area contributed by atoms with Gasteiger partial charge < -0.3 is 10.2 Å². The summed E-state index contributed by atoms with van der Waals surface area (Å²) in [6.07, 6.45) is 1.25. The van der Waals surface area contributed by atoms with Crippen molar-refractivity contribution in [2.75, 3.05) is 19.6 Å². The van der Waals surface area contributed by atoms with Gasteiger partial charge in [0.25, 0.3) is 5.56 Å². The Labute approximate surface area is 101 Å². The molecule has 2 N–H and O–H groups in total. The van der Waals surface area contributed by atoms with Gasteiger partial charge in [0.15, 0.2) is 0 Å². The first kappa shape index (κ1) is 12.1. The number of aromatic nitrogens is 2. The molecule has 1 aliphatic heterocycles. The van der Waals surface area contributed by atoms with Crippen molar-refractivity contribution >= 4 is 11.8 Å². The van der Waals surface area contributed by atoms with E-state index < -0.39 is 11.2 Å². The van der Waals surface area contributed by atoms with Gasteiger partial charge in [-0.25, -0.2) is 4.79 Å². The molecule has 8 heteroatoms. The zero-order valence-electron chi connectivity index (χ0n) is 9.51. The first-order valence-electron chi connectivity index (χ1n) is 5.40. The van der Waals surface area contributed by atoms with E-state index in [1.54, 1.807) is 0 Å². The van der Waals surface area contributed by atoms with Gasteiger partial charge in [-0.1, -0.05) is 0 Å². The molecule has 96 valence electrons. The molecule has 0 saturated carbocycles. The van der Waals surface area contributed by atoms with Crippen LogP contribution in [0, 0.1) is 0 Å². The molecule has 2 amide bonds. The summed E-state index contributed by atoms with van der Waals surface area (Å²) in [7, 11) is 0. The van der Waals surface area contributed by atoms with Crippen molar-refractivity contribution in [3.63, 3.8) is 0 Å². The molecule has 1 saturated heterocycles. The molecule has 1 aliphatic rings. The molecule has 0 unspecified atom stereocenters. The van der Waals surface area contributed by atoms with Gasteiger partial charge in [-0.05, 0) is 0 Å². The average Bonchev–Trinajstić information content (AvgIpc) is 2.32. The number of amides is 2. The van der Waals surface area contributed by atoms with E-state index in [2.05, 4.69) is 10.3 Å². The van der Waals surface area contributed by atoms with Gasteiger partial charge in [0.1, 0.15) is 6.54 Å². The Morgan fingerprint density at radius 3 is 2.78 bits per heavy atom. The molecule has 1 aromatic rings. The number of carbonyl (C=O) groups excluding carboxylic acids is 2. The van der Waals surface area contributed by atoms with Crippen LogP contribution in [0.25, 0.3) is 0 Å². The van der Waals surface area contributed by atoms with Crippen LogP contribution in [0.1, 0.15) is 0 Å². The standard InChI is InChI=1S/C10H12N4O4/c15-7-1-3-14(10(18)12-7)6-9(17)13-4-2-11-8(16)5-13/h1,3H,2,4-6H2,(H,11,16)(H,12,15,18). The summed E-state index contributed by atoms with van der Waals surface area (Å²) in [5.41, 5.74) is -1.15. The zero-order valence-corrected chi connectivity index (χ0v) is 9.51. The molecule has 0 radical (unpaired) electrons. The first-order valence-corrected chi connectivity index (χ1v) is 5.40. The molecule has 8 nitrogen and oxygen atoms in total. The number of hydrogen-bond donors (Lipinski definition) is 2. The maximum Gasteiger partial charge on any atom is 0.328 e. The number of hydrogen-bond acceptors (Lipinski definition) is 4. The third-order valence-electron chi connectivity index (χ3n) is 2.59. The van der Waals surface area contributed by atoms with Crippen LogP contribution in [-0.4, -0.2) is 45.9 Å². The molecular formula is C10H12N4O4. The highest BCUT2D eigenvalue weighted by Crippen LogP contribution is 1.95. The lowest BCUT2D eigenvalue weighted by atomic mass is 10.3. The van der Waals surface area contributed by atoms with Crippen molar-refractivity contribution in [1.82, 2.24) is 19.8 Å². The van der Waals surface area contributed by atoms with Crippen molar-refractivity contribution in [3.05, 3.63) is 33.1 Å². The fourth-order valence-electron chi connectivity index (χ4n) is 1.67. The minimum atomic E-state index is -0.641. The zero-order chi connectivity index (χ0) is 13.1. The third-order valence-corrected chi connectivity index (χ3v) is 2.59. The highest BCUT2D eigenvalue weighted by Gasteiger charge is 2.21. The van der Waals surface area contributed by atoms with Crippen LogP contribution in [0.2, 0.25) is 0 Å². The van der Waals surface area contributed by atoms with Gasteiger partial charge in [0, 0.05) is 25.4 Å². The molecule has 1 fully saturated rings. The number of rotatable bonds is 2. The number of carbonyl (C=O) groups is 2. The molecule has 0 bridgehead atoms. The second-order valence-electron chi connectivity index (χ2n) is 3.90. The molecule has 2 rings (SSSR count). The monoisotopic (exact) mass is 252 g/mol. The predicted molar refractivity (Wildman–Crippen MR) is 60.9 cm³/mol. The Morgan fingerprint density at radius 1 is 1.33 bits per heavy atom. The number of piperazine rings is 1. The van der Waals surface area contributed by atoms with E-state index in [-0.39, 0.29) is 24.9 Å². The Hall–Kier alpha value is -2.38. The topological polar surface area (TPSA) is 104 Å². The van der Waals surface area contributed by atoms with E-state index in [1.165, 1.54) is 11.1 Å². The summed E-state index contributed by atoms with van der Waals surface area (Å²) in [4.78, 5) is 48.6. The Balaban J connectivity index is 2.09. The van der Waals surface area contributed by atoms with Gasteiger partial charge in [-0.3, -0.25) is 23.9 Å². The number of nitrogens with one attached hydrogen (secondary N) is 2. The van der Waals surface area contributed by atoms with Gasteiger partial charge in [0.05, 0.1) is 6.54 Å². The Morgan fingerprint density at radius 2 is 2.11 bits per heavy atom. The lowest BCUT2D eigenvalue weighted by molar-refractivity contribution is -0.138. The second kappa shape index (κ2) is 4.86. The van der Waals surface area contributed by atoms with Crippen LogP contribution in [0.5, 0.6) is 0 Å². The minimum Gasteiger partial charge on any atom is -0.353 e. The highest BCUT2D eigenvalue weighted by molar-refractivity contribution is 5.85. The lowest BCUT2D eigenvalue weighted by Crippen LogP contribution is -2.51. The molecule has 0 spiro atoms. The van der Waals surface area contributed by atoms with Crippen LogP contribution < -0.4 is 16.6 Å². The van der Waals surface area contributed by atoms with Crippen LogP contribution in [0.15, 0.2) is 21.9 Å². The SMILES string of the molecule is O=C1CN(C(=O)Cn2ccc(=O)[nH]c2=O)CCN1. The largest absolute Gasteiger partial charge is 0.353 e. The van der Waals surface area contributed by atoms with E-state index in [1.807, 2.05) is 0 Å². The summed E-state index contributed by atoms with van der Waals surface area (Å²) in [6, 6.07) is 1.16. The van der Waals surface area contributed by atoms with E-state index in [4.69, 9.17) is 0 Å². The lowest BCUT2D eigenvalue weighted by Gasteiger charge is -2.26.